The summed E-state index contributed by atoms with van der Waals surface area (Å²) in [6.45, 7) is 1.76. The second-order valence-corrected chi connectivity index (χ2v) is 5.36. The van der Waals surface area contributed by atoms with Crippen molar-refractivity contribution in [2.75, 3.05) is 24.6 Å². The molecule has 1 fully saturated rings. The van der Waals surface area contributed by atoms with Gasteiger partial charge >= 0.3 is 0 Å². The van der Waals surface area contributed by atoms with Crippen LogP contribution in [0, 0.1) is 0 Å². The molecule has 0 aliphatic carbocycles. The molecule has 4 heteroatoms. The summed E-state index contributed by atoms with van der Waals surface area (Å²) in [4.78, 5) is 25.4. The van der Waals surface area contributed by atoms with E-state index in [0.717, 1.165) is 31.5 Å². The van der Waals surface area contributed by atoms with Crippen LogP contribution < -0.4 is 0 Å². The molecular formula is C14H17NO2S. The van der Waals surface area contributed by atoms with Crippen LogP contribution in [0.4, 0.5) is 0 Å². The Hall–Kier alpha value is -1.29. The van der Waals surface area contributed by atoms with E-state index < -0.39 is 0 Å². The molecule has 1 saturated heterocycles. The number of benzene rings is 1. The maximum atomic E-state index is 11.8. The standard InChI is InChI=1S/C14H17NO2S/c16-13(12-6-2-1-3-7-12)10-18-11-14(17)15-8-4-5-9-15/h1-3,6-7H,4-5,8-11H2. The molecule has 1 aliphatic heterocycles. The van der Waals surface area contributed by atoms with Crippen molar-refractivity contribution in [2.24, 2.45) is 0 Å². The van der Waals surface area contributed by atoms with Gasteiger partial charge in [0.15, 0.2) is 5.78 Å². The van der Waals surface area contributed by atoms with E-state index in [0.29, 0.717) is 11.5 Å². The third-order valence-electron chi connectivity index (χ3n) is 3.01. The lowest BCUT2D eigenvalue weighted by atomic mass is 10.2. The highest BCUT2D eigenvalue weighted by Crippen LogP contribution is 2.12. The van der Waals surface area contributed by atoms with E-state index in [-0.39, 0.29) is 11.7 Å². The predicted molar refractivity (Wildman–Crippen MR) is 73.9 cm³/mol. The molecule has 0 aromatic heterocycles. The lowest BCUT2D eigenvalue weighted by molar-refractivity contribution is -0.127. The maximum absolute atomic E-state index is 11.8. The zero-order valence-electron chi connectivity index (χ0n) is 10.3. The third kappa shape index (κ3) is 3.60. The first-order valence-corrected chi connectivity index (χ1v) is 7.36. The highest BCUT2D eigenvalue weighted by atomic mass is 32.2. The minimum atomic E-state index is 0.0924. The molecule has 3 nitrogen and oxygen atoms in total. The summed E-state index contributed by atoms with van der Waals surface area (Å²) in [5, 5.41) is 0. The van der Waals surface area contributed by atoms with Gasteiger partial charge in [-0.1, -0.05) is 30.3 Å². The van der Waals surface area contributed by atoms with Crippen molar-refractivity contribution in [1.29, 1.82) is 0 Å². The molecule has 0 bridgehead atoms. The van der Waals surface area contributed by atoms with Crippen LogP contribution in [0.3, 0.4) is 0 Å². The summed E-state index contributed by atoms with van der Waals surface area (Å²) in [5.74, 6) is 1.05. The molecule has 1 heterocycles. The number of thioether (sulfide) groups is 1. The predicted octanol–water partition coefficient (Wildman–Crippen LogP) is 2.22. The Bertz CT molecular complexity index is 413. The second kappa shape index (κ2) is 6.59. The van der Waals surface area contributed by atoms with Gasteiger partial charge in [-0.05, 0) is 12.8 Å². The molecule has 1 amide bonds. The molecule has 1 aromatic rings. The van der Waals surface area contributed by atoms with Crippen molar-refractivity contribution >= 4 is 23.5 Å². The van der Waals surface area contributed by atoms with Crippen molar-refractivity contribution in [3.63, 3.8) is 0 Å². The molecule has 0 N–H and O–H groups in total. The molecule has 96 valence electrons. The number of nitrogens with zero attached hydrogens (tertiary/aromatic N) is 1. The van der Waals surface area contributed by atoms with Gasteiger partial charge in [0, 0.05) is 18.7 Å². The van der Waals surface area contributed by atoms with Gasteiger partial charge in [0.05, 0.1) is 11.5 Å². The van der Waals surface area contributed by atoms with Crippen molar-refractivity contribution in [1.82, 2.24) is 4.90 Å². The number of carbonyl (C=O) groups excluding carboxylic acids is 2. The number of carbonyl (C=O) groups is 2. The number of Topliss-reactive ketones (excluding diaryl/α,β-unsaturated/α-hetero) is 1. The summed E-state index contributed by atoms with van der Waals surface area (Å²) >= 11 is 1.41. The van der Waals surface area contributed by atoms with Gasteiger partial charge in [0.2, 0.25) is 5.91 Å². The average Bonchev–Trinajstić information content (AvgIpc) is 2.93. The van der Waals surface area contributed by atoms with E-state index in [4.69, 9.17) is 0 Å². The number of amides is 1. The molecule has 2 rings (SSSR count). The fraction of sp³-hybridized carbons (Fsp3) is 0.429. The largest absolute Gasteiger partial charge is 0.342 e. The van der Waals surface area contributed by atoms with Crippen LogP contribution >= 0.6 is 11.8 Å². The summed E-state index contributed by atoms with van der Waals surface area (Å²) in [6, 6.07) is 9.22. The van der Waals surface area contributed by atoms with E-state index in [1.807, 2.05) is 35.2 Å². The Morgan fingerprint density at radius 1 is 1.06 bits per heavy atom. The van der Waals surface area contributed by atoms with Crippen LogP contribution in [0.5, 0.6) is 0 Å². The SMILES string of the molecule is O=C(CSCC(=O)N1CCCC1)c1ccccc1. The minimum absolute atomic E-state index is 0.0924. The molecule has 18 heavy (non-hydrogen) atoms. The van der Waals surface area contributed by atoms with Gasteiger partial charge in [-0.15, -0.1) is 11.8 Å². The Kier molecular flexibility index (Phi) is 4.81. The summed E-state index contributed by atoms with van der Waals surface area (Å²) in [7, 11) is 0. The van der Waals surface area contributed by atoms with E-state index in [9.17, 15) is 9.59 Å². The third-order valence-corrected chi connectivity index (χ3v) is 3.93. The topological polar surface area (TPSA) is 37.4 Å². The van der Waals surface area contributed by atoms with Crippen LogP contribution in [0.1, 0.15) is 23.2 Å². The zero-order chi connectivity index (χ0) is 12.8. The van der Waals surface area contributed by atoms with Crippen LogP contribution in [0.2, 0.25) is 0 Å². The van der Waals surface area contributed by atoms with Crippen molar-refractivity contribution in [3.8, 4) is 0 Å². The van der Waals surface area contributed by atoms with Crippen LogP contribution in [0.15, 0.2) is 30.3 Å². The Labute approximate surface area is 112 Å². The summed E-state index contributed by atoms with van der Waals surface area (Å²) in [5.41, 5.74) is 0.721. The quantitative estimate of drug-likeness (QED) is 0.764. The van der Waals surface area contributed by atoms with Crippen molar-refractivity contribution < 1.29 is 9.59 Å². The van der Waals surface area contributed by atoms with Gasteiger partial charge in [-0.25, -0.2) is 0 Å². The highest BCUT2D eigenvalue weighted by Gasteiger charge is 2.17. The van der Waals surface area contributed by atoms with Crippen molar-refractivity contribution in [3.05, 3.63) is 35.9 Å². The van der Waals surface area contributed by atoms with Crippen molar-refractivity contribution in [2.45, 2.75) is 12.8 Å². The first kappa shape index (κ1) is 13.1. The van der Waals surface area contributed by atoms with Crippen LogP contribution in [-0.2, 0) is 4.79 Å². The van der Waals surface area contributed by atoms with Crippen LogP contribution in [-0.4, -0.2) is 41.2 Å². The lowest BCUT2D eigenvalue weighted by Crippen LogP contribution is -2.29. The first-order valence-electron chi connectivity index (χ1n) is 6.21. The molecule has 0 radical (unpaired) electrons. The average molecular weight is 263 g/mol. The van der Waals surface area contributed by atoms with E-state index in [1.54, 1.807) is 0 Å². The van der Waals surface area contributed by atoms with E-state index in [1.165, 1.54) is 11.8 Å². The summed E-state index contributed by atoms with van der Waals surface area (Å²) in [6.07, 6.45) is 2.22. The normalized spacial score (nSPS) is 14.8. The molecular weight excluding hydrogens is 246 g/mol. The maximum Gasteiger partial charge on any atom is 0.232 e. The van der Waals surface area contributed by atoms with E-state index in [2.05, 4.69) is 0 Å². The van der Waals surface area contributed by atoms with Crippen LogP contribution in [0.25, 0.3) is 0 Å². The number of rotatable bonds is 5. The van der Waals surface area contributed by atoms with Gasteiger partial charge in [-0.3, -0.25) is 9.59 Å². The molecule has 0 unspecified atom stereocenters. The first-order chi connectivity index (χ1) is 8.77. The van der Waals surface area contributed by atoms with Gasteiger partial charge in [-0.2, -0.15) is 0 Å². The monoisotopic (exact) mass is 263 g/mol. The Morgan fingerprint density at radius 2 is 1.72 bits per heavy atom. The smallest absolute Gasteiger partial charge is 0.232 e. The second-order valence-electron chi connectivity index (χ2n) is 4.37. The minimum Gasteiger partial charge on any atom is -0.342 e. The fourth-order valence-corrected chi connectivity index (χ4v) is 2.81. The van der Waals surface area contributed by atoms with Gasteiger partial charge in [0.1, 0.15) is 0 Å². The number of hydrogen-bond acceptors (Lipinski definition) is 3. The number of ketones is 1. The molecule has 0 spiro atoms. The van der Waals surface area contributed by atoms with E-state index >= 15 is 0 Å². The lowest BCUT2D eigenvalue weighted by Gasteiger charge is -2.14. The fourth-order valence-electron chi connectivity index (χ4n) is 2.00. The Balaban J connectivity index is 1.72. The Morgan fingerprint density at radius 3 is 2.39 bits per heavy atom. The van der Waals surface area contributed by atoms with Gasteiger partial charge < -0.3 is 4.90 Å². The molecule has 0 saturated carbocycles. The zero-order valence-corrected chi connectivity index (χ0v) is 11.1. The molecule has 1 aliphatic rings. The van der Waals surface area contributed by atoms with Gasteiger partial charge in [0.25, 0.3) is 0 Å². The highest BCUT2D eigenvalue weighted by molar-refractivity contribution is 8.00. The molecule has 0 atom stereocenters. The summed E-state index contributed by atoms with van der Waals surface area (Å²) < 4.78 is 0. The molecule has 1 aromatic carbocycles. The number of likely N-dealkylation sites (tertiary alicyclic amines) is 1. The number of hydrogen-bond donors (Lipinski definition) is 0.